The predicted molar refractivity (Wildman–Crippen MR) is 121 cm³/mol. The average molecular weight is 432 g/mol. The van der Waals surface area contributed by atoms with Gasteiger partial charge in [0, 0.05) is 24.3 Å². The predicted octanol–water partition coefficient (Wildman–Crippen LogP) is 4.73. The standard InChI is InChI=1S/C27H45NO3/c1-15-7-10-27(30-14-15)16(2)24-22(31-27)12-21-19-6-5-17-11-18(29)8-9-25(17,3)20(19)13-23(28)26(21,24)4/h15-24,29H,5-14,28H2,1-4H3/t15?,16-,17-,18?,19?,20?,21?,22?,23?,24?,25?,26?,27+/m0/s1. The Kier molecular flexibility index (Phi) is 4.78. The highest BCUT2D eigenvalue weighted by molar-refractivity contribution is 5.18. The number of rotatable bonds is 0. The number of aliphatic hydroxyl groups is 1. The van der Waals surface area contributed by atoms with E-state index in [0.717, 1.165) is 37.7 Å². The summed E-state index contributed by atoms with van der Waals surface area (Å²) in [5.41, 5.74) is 7.72. The molecule has 3 N–H and O–H groups in total. The Morgan fingerprint density at radius 2 is 1.74 bits per heavy atom. The lowest BCUT2D eigenvalue weighted by atomic mass is 9.43. The quantitative estimate of drug-likeness (QED) is 0.582. The van der Waals surface area contributed by atoms with Crippen molar-refractivity contribution in [1.82, 2.24) is 0 Å². The van der Waals surface area contributed by atoms with Crippen LogP contribution in [0.4, 0.5) is 0 Å². The van der Waals surface area contributed by atoms with Crippen LogP contribution in [-0.2, 0) is 9.47 Å². The Morgan fingerprint density at radius 1 is 0.935 bits per heavy atom. The highest BCUT2D eigenvalue weighted by Gasteiger charge is 2.71. The normalized spacial score (nSPS) is 63.3. The zero-order valence-corrected chi connectivity index (χ0v) is 20.2. The second kappa shape index (κ2) is 6.93. The SMILES string of the molecule is CC1CC[C@@]2(OC1)OC1CC3C4CC[C@H]5CC(O)CCC5(C)C4CC(N)C3(C)C1[C@@H]2C. The van der Waals surface area contributed by atoms with Crippen LogP contribution in [0.3, 0.4) is 0 Å². The molecule has 0 radical (unpaired) electrons. The first-order valence-corrected chi connectivity index (χ1v) is 13.4. The fraction of sp³-hybridized carbons (Fsp3) is 1.00. The molecular weight excluding hydrogens is 386 g/mol. The van der Waals surface area contributed by atoms with Gasteiger partial charge in [-0.2, -0.15) is 0 Å². The largest absolute Gasteiger partial charge is 0.393 e. The molecule has 0 bridgehead atoms. The van der Waals surface area contributed by atoms with Gasteiger partial charge in [0.15, 0.2) is 5.79 Å². The van der Waals surface area contributed by atoms with Gasteiger partial charge in [0.05, 0.1) is 18.8 Å². The van der Waals surface area contributed by atoms with Crippen LogP contribution in [0.25, 0.3) is 0 Å². The van der Waals surface area contributed by atoms with Crippen LogP contribution in [0.15, 0.2) is 0 Å². The van der Waals surface area contributed by atoms with Crippen LogP contribution in [0.2, 0.25) is 0 Å². The van der Waals surface area contributed by atoms with Crippen molar-refractivity contribution in [3.63, 3.8) is 0 Å². The summed E-state index contributed by atoms with van der Waals surface area (Å²) in [5, 5.41) is 10.3. The lowest BCUT2D eigenvalue weighted by Gasteiger charge is -2.62. The number of ether oxygens (including phenoxy) is 2. The van der Waals surface area contributed by atoms with E-state index in [4.69, 9.17) is 15.2 Å². The summed E-state index contributed by atoms with van der Waals surface area (Å²) >= 11 is 0. The van der Waals surface area contributed by atoms with E-state index in [1.54, 1.807) is 0 Å². The van der Waals surface area contributed by atoms with E-state index in [1.165, 1.54) is 38.5 Å². The molecule has 0 aromatic rings. The van der Waals surface area contributed by atoms with Crippen LogP contribution in [-0.4, -0.2) is 35.8 Å². The Bertz CT molecular complexity index is 719. The summed E-state index contributed by atoms with van der Waals surface area (Å²) in [6, 6.07) is 0.250. The van der Waals surface area contributed by atoms with Gasteiger partial charge in [-0.3, -0.25) is 0 Å². The zero-order chi connectivity index (χ0) is 21.8. The van der Waals surface area contributed by atoms with Gasteiger partial charge in [0.25, 0.3) is 0 Å². The van der Waals surface area contributed by atoms with Gasteiger partial charge in [-0.25, -0.2) is 0 Å². The Balaban J connectivity index is 1.29. The van der Waals surface area contributed by atoms with Crippen LogP contribution in [0, 0.1) is 52.3 Å². The third kappa shape index (κ3) is 2.74. The van der Waals surface area contributed by atoms with Crippen LogP contribution < -0.4 is 5.73 Å². The minimum absolute atomic E-state index is 0.0772. The maximum absolute atomic E-state index is 10.3. The smallest absolute Gasteiger partial charge is 0.171 e. The minimum Gasteiger partial charge on any atom is -0.393 e. The molecule has 2 heterocycles. The molecule has 4 saturated carbocycles. The van der Waals surface area contributed by atoms with E-state index in [9.17, 15) is 5.11 Å². The van der Waals surface area contributed by atoms with Crippen molar-refractivity contribution in [1.29, 1.82) is 0 Å². The molecule has 2 saturated heterocycles. The fourth-order valence-corrected chi connectivity index (χ4v) is 10.3. The number of fused-ring (bicyclic) bond motifs is 7. The van der Waals surface area contributed by atoms with E-state index in [0.29, 0.717) is 41.1 Å². The molecule has 176 valence electrons. The van der Waals surface area contributed by atoms with Gasteiger partial charge in [-0.15, -0.1) is 0 Å². The molecule has 4 nitrogen and oxygen atoms in total. The summed E-state index contributed by atoms with van der Waals surface area (Å²) < 4.78 is 13.4. The van der Waals surface area contributed by atoms with Crippen molar-refractivity contribution in [3.05, 3.63) is 0 Å². The maximum atomic E-state index is 10.3. The molecule has 0 amide bonds. The fourth-order valence-electron chi connectivity index (χ4n) is 10.3. The Morgan fingerprint density at radius 3 is 2.48 bits per heavy atom. The van der Waals surface area contributed by atoms with E-state index in [2.05, 4.69) is 27.7 Å². The first-order valence-electron chi connectivity index (χ1n) is 13.4. The topological polar surface area (TPSA) is 64.7 Å². The molecule has 4 aliphatic carbocycles. The van der Waals surface area contributed by atoms with Gasteiger partial charge >= 0.3 is 0 Å². The molecule has 1 spiro atoms. The number of aliphatic hydroxyl groups excluding tert-OH is 1. The van der Waals surface area contributed by atoms with E-state index < -0.39 is 0 Å². The second-order valence-corrected chi connectivity index (χ2v) is 13.3. The summed E-state index contributed by atoms with van der Waals surface area (Å²) in [5.74, 6) is 4.13. The van der Waals surface area contributed by atoms with Gasteiger partial charge in [0.1, 0.15) is 0 Å². The van der Waals surface area contributed by atoms with Crippen molar-refractivity contribution in [2.75, 3.05) is 6.61 Å². The molecule has 4 heteroatoms. The number of hydrogen-bond donors (Lipinski definition) is 2. The summed E-state index contributed by atoms with van der Waals surface area (Å²) in [6.07, 6.45) is 10.7. The molecule has 13 atom stereocenters. The van der Waals surface area contributed by atoms with Crippen molar-refractivity contribution in [2.24, 2.45) is 58.0 Å². The van der Waals surface area contributed by atoms with Gasteiger partial charge in [-0.1, -0.05) is 27.7 Å². The molecular formula is C27H45NO3. The first kappa shape index (κ1) is 21.4. The number of nitrogens with two attached hydrogens (primary N) is 1. The van der Waals surface area contributed by atoms with E-state index in [1.807, 2.05) is 0 Å². The monoisotopic (exact) mass is 431 g/mol. The summed E-state index contributed by atoms with van der Waals surface area (Å²) in [6.45, 7) is 10.6. The molecule has 0 aromatic heterocycles. The van der Waals surface area contributed by atoms with Crippen LogP contribution >= 0.6 is 0 Å². The molecule has 6 fully saturated rings. The van der Waals surface area contributed by atoms with Crippen LogP contribution in [0.1, 0.15) is 85.5 Å². The van der Waals surface area contributed by atoms with Crippen LogP contribution in [0.5, 0.6) is 0 Å². The van der Waals surface area contributed by atoms with Gasteiger partial charge in [0.2, 0.25) is 0 Å². The number of hydrogen-bond acceptors (Lipinski definition) is 4. The highest BCUT2D eigenvalue weighted by atomic mass is 16.7. The summed E-state index contributed by atoms with van der Waals surface area (Å²) in [4.78, 5) is 0. The van der Waals surface area contributed by atoms with Crippen molar-refractivity contribution in [2.45, 2.75) is 110 Å². The molecule has 31 heavy (non-hydrogen) atoms. The third-order valence-corrected chi connectivity index (χ3v) is 12.1. The average Bonchev–Trinajstić information content (AvgIpc) is 3.18. The zero-order valence-electron chi connectivity index (χ0n) is 20.2. The molecule has 10 unspecified atom stereocenters. The third-order valence-electron chi connectivity index (χ3n) is 12.1. The van der Waals surface area contributed by atoms with E-state index in [-0.39, 0.29) is 23.3 Å². The molecule has 2 aliphatic heterocycles. The molecule has 6 rings (SSSR count). The maximum Gasteiger partial charge on any atom is 0.171 e. The van der Waals surface area contributed by atoms with E-state index >= 15 is 0 Å². The molecule has 0 aromatic carbocycles. The highest BCUT2D eigenvalue weighted by Crippen LogP contribution is 2.71. The Hall–Kier alpha value is -0.160. The van der Waals surface area contributed by atoms with Gasteiger partial charge < -0.3 is 20.3 Å². The van der Waals surface area contributed by atoms with Crippen molar-refractivity contribution >= 4 is 0 Å². The minimum atomic E-state index is -0.352. The lowest BCUT2D eigenvalue weighted by molar-refractivity contribution is -0.273. The second-order valence-electron chi connectivity index (χ2n) is 13.3. The first-order chi connectivity index (χ1) is 14.7. The Labute approximate surface area is 189 Å². The van der Waals surface area contributed by atoms with Crippen molar-refractivity contribution in [3.8, 4) is 0 Å². The molecule has 6 aliphatic rings. The van der Waals surface area contributed by atoms with Crippen molar-refractivity contribution < 1.29 is 14.6 Å². The summed E-state index contributed by atoms with van der Waals surface area (Å²) in [7, 11) is 0. The van der Waals surface area contributed by atoms with Gasteiger partial charge in [-0.05, 0) is 91.8 Å². The lowest BCUT2D eigenvalue weighted by Crippen LogP contribution is -2.61.